The summed E-state index contributed by atoms with van der Waals surface area (Å²) in [6.45, 7) is 7.67. The van der Waals surface area contributed by atoms with Crippen molar-refractivity contribution in [1.82, 2.24) is 24.2 Å². The maximum atomic E-state index is 12.6. The summed E-state index contributed by atoms with van der Waals surface area (Å²) in [5.41, 5.74) is 3.90. The zero-order valence-electron chi connectivity index (χ0n) is 15.6. The lowest BCUT2D eigenvalue weighted by Gasteiger charge is -2.31. The molecule has 0 spiro atoms. The van der Waals surface area contributed by atoms with Crippen LogP contribution in [-0.2, 0) is 20.1 Å². The van der Waals surface area contributed by atoms with Crippen molar-refractivity contribution in [3.05, 3.63) is 45.8 Å². The van der Waals surface area contributed by atoms with E-state index in [1.54, 1.807) is 10.8 Å². The zero-order valence-corrected chi connectivity index (χ0v) is 15.6. The van der Waals surface area contributed by atoms with Crippen LogP contribution in [0.1, 0.15) is 29.9 Å². The Labute approximate surface area is 152 Å². The molecule has 0 saturated carbocycles. The molecule has 0 radical (unpaired) electrons. The number of aryl methyl sites for hydroxylation is 3. The van der Waals surface area contributed by atoms with E-state index in [-0.39, 0.29) is 5.69 Å². The summed E-state index contributed by atoms with van der Waals surface area (Å²) in [6, 6.07) is 3.83. The highest BCUT2D eigenvalue weighted by atomic mass is 16.5. The molecule has 0 atom stereocenters. The van der Waals surface area contributed by atoms with E-state index in [9.17, 15) is 4.79 Å². The lowest BCUT2D eigenvalue weighted by molar-refractivity contribution is 0.166. The third kappa shape index (κ3) is 2.96. The van der Waals surface area contributed by atoms with Gasteiger partial charge in [-0.3, -0.25) is 14.0 Å². The average Bonchev–Trinajstić information content (AvgIpc) is 3.09. The van der Waals surface area contributed by atoms with E-state index >= 15 is 0 Å². The molecular weight excluding hydrogens is 330 g/mol. The second-order valence-electron chi connectivity index (χ2n) is 7.32. The molecule has 0 aliphatic carbocycles. The second-order valence-corrected chi connectivity index (χ2v) is 7.32. The number of fused-ring (bicyclic) bond motifs is 1. The minimum atomic E-state index is 0.0249. The molecule has 0 amide bonds. The highest BCUT2D eigenvalue weighted by molar-refractivity contribution is 5.71. The predicted molar refractivity (Wildman–Crippen MR) is 99.0 cm³/mol. The van der Waals surface area contributed by atoms with Crippen LogP contribution in [0.3, 0.4) is 0 Å². The molecule has 26 heavy (non-hydrogen) atoms. The number of imidazole rings is 1. The maximum absolute atomic E-state index is 12.6. The van der Waals surface area contributed by atoms with Gasteiger partial charge in [-0.2, -0.15) is 0 Å². The first-order chi connectivity index (χ1) is 12.5. The molecule has 3 aromatic rings. The monoisotopic (exact) mass is 355 g/mol. The van der Waals surface area contributed by atoms with Gasteiger partial charge in [-0.05, 0) is 57.8 Å². The molecular formula is C19H25N5O2. The SMILES string of the molecule is Cc1noc(C)c1CN1CCC(Cn2c(=O)n(C)c3cccnc32)CC1. The zero-order chi connectivity index (χ0) is 18.3. The summed E-state index contributed by atoms with van der Waals surface area (Å²) < 4.78 is 8.80. The molecule has 0 N–H and O–H groups in total. The van der Waals surface area contributed by atoms with Crippen LogP contribution >= 0.6 is 0 Å². The summed E-state index contributed by atoms with van der Waals surface area (Å²) in [6.07, 6.45) is 3.92. The highest BCUT2D eigenvalue weighted by Crippen LogP contribution is 2.23. The molecule has 7 nitrogen and oxygen atoms in total. The van der Waals surface area contributed by atoms with Crippen LogP contribution < -0.4 is 5.69 Å². The second kappa shape index (κ2) is 6.72. The van der Waals surface area contributed by atoms with Gasteiger partial charge in [0.15, 0.2) is 5.65 Å². The summed E-state index contributed by atoms with van der Waals surface area (Å²) in [5, 5.41) is 4.04. The molecule has 7 heteroatoms. The molecule has 1 aliphatic heterocycles. The summed E-state index contributed by atoms with van der Waals surface area (Å²) in [5.74, 6) is 1.42. The first-order valence-corrected chi connectivity index (χ1v) is 9.19. The average molecular weight is 355 g/mol. The maximum Gasteiger partial charge on any atom is 0.330 e. The van der Waals surface area contributed by atoms with Gasteiger partial charge in [-0.1, -0.05) is 5.16 Å². The van der Waals surface area contributed by atoms with Crippen LogP contribution in [0.4, 0.5) is 0 Å². The fourth-order valence-electron chi connectivity index (χ4n) is 3.93. The Morgan fingerprint density at radius 1 is 1.27 bits per heavy atom. The Hall–Kier alpha value is -2.41. The Kier molecular flexibility index (Phi) is 4.40. The quantitative estimate of drug-likeness (QED) is 0.718. The van der Waals surface area contributed by atoms with Gasteiger partial charge in [0, 0.05) is 31.9 Å². The minimum Gasteiger partial charge on any atom is -0.361 e. The van der Waals surface area contributed by atoms with Crippen molar-refractivity contribution in [1.29, 1.82) is 0 Å². The smallest absolute Gasteiger partial charge is 0.330 e. The van der Waals surface area contributed by atoms with Crippen molar-refractivity contribution in [2.75, 3.05) is 13.1 Å². The summed E-state index contributed by atoms with van der Waals surface area (Å²) in [4.78, 5) is 19.4. The van der Waals surface area contributed by atoms with Gasteiger partial charge in [0.25, 0.3) is 0 Å². The normalized spacial score (nSPS) is 16.6. The standard InChI is InChI=1S/C19H25N5O2/c1-13-16(14(2)26-21-13)12-23-9-6-15(7-10-23)11-24-18-17(5-4-8-20-18)22(3)19(24)25/h4-5,8,15H,6-7,9-12H2,1-3H3. The van der Waals surface area contributed by atoms with E-state index in [4.69, 9.17) is 4.52 Å². The minimum absolute atomic E-state index is 0.0249. The summed E-state index contributed by atoms with van der Waals surface area (Å²) in [7, 11) is 1.81. The molecule has 4 heterocycles. The van der Waals surface area contributed by atoms with Gasteiger partial charge in [0.2, 0.25) is 0 Å². The predicted octanol–water partition coefficient (Wildman–Crippen LogP) is 2.25. The fraction of sp³-hybridized carbons (Fsp3) is 0.526. The van der Waals surface area contributed by atoms with Crippen LogP contribution in [0.15, 0.2) is 27.6 Å². The molecule has 1 fully saturated rings. The van der Waals surface area contributed by atoms with E-state index in [0.717, 1.165) is 61.6 Å². The van der Waals surface area contributed by atoms with E-state index in [1.165, 1.54) is 5.56 Å². The third-order valence-corrected chi connectivity index (χ3v) is 5.61. The van der Waals surface area contributed by atoms with Crippen LogP contribution in [0, 0.1) is 19.8 Å². The molecule has 138 valence electrons. The molecule has 1 aliphatic rings. The van der Waals surface area contributed by atoms with E-state index < -0.39 is 0 Å². The number of rotatable bonds is 4. The van der Waals surface area contributed by atoms with E-state index in [2.05, 4.69) is 15.0 Å². The molecule has 1 saturated heterocycles. The molecule has 0 aromatic carbocycles. The Balaban J connectivity index is 1.43. The van der Waals surface area contributed by atoms with Crippen LogP contribution in [0.5, 0.6) is 0 Å². The fourth-order valence-corrected chi connectivity index (χ4v) is 3.93. The molecule has 3 aromatic heterocycles. The summed E-state index contributed by atoms with van der Waals surface area (Å²) >= 11 is 0. The van der Waals surface area contributed by atoms with Crippen LogP contribution in [0.2, 0.25) is 0 Å². The van der Waals surface area contributed by atoms with Gasteiger partial charge < -0.3 is 4.52 Å². The van der Waals surface area contributed by atoms with Gasteiger partial charge >= 0.3 is 5.69 Å². The topological polar surface area (TPSA) is 69.1 Å². The van der Waals surface area contributed by atoms with Crippen molar-refractivity contribution in [2.45, 2.75) is 39.8 Å². The van der Waals surface area contributed by atoms with E-state index in [0.29, 0.717) is 5.92 Å². The van der Waals surface area contributed by atoms with Gasteiger partial charge in [0.05, 0.1) is 11.2 Å². The number of pyridine rings is 1. The number of nitrogens with zero attached hydrogens (tertiary/aromatic N) is 5. The Bertz CT molecular complexity index is 956. The van der Waals surface area contributed by atoms with E-state index in [1.807, 2.05) is 37.6 Å². The number of hydrogen-bond donors (Lipinski definition) is 0. The molecule has 4 rings (SSSR count). The van der Waals surface area contributed by atoms with Gasteiger partial charge in [-0.15, -0.1) is 0 Å². The van der Waals surface area contributed by atoms with Crippen molar-refractivity contribution >= 4 is 11.2 Å². The van der Waals surface area contributed by atoms with Crippen molar-refractivity contribution < 1.29 is 4.52 Å². The lowest BCUT2D eigenvalue weighted by atomic mass is 9.96. The van der Waals surface area contributed by atoms with Crippen LogP contribution in [0.25, 0.3) is 11.2 Å². The van der Waals surface area contributed by atoms with Crippen LogP contribution in [-0.4, -0.2) is 37.3 Å². The van der Waals surface area contributed by atoms with Gasteiger partial charge in [-0.25, -0.2) is 9.78 Å². The first-order valence-electron chi connectivity index (χ1n) is 9.19. The van der Waals surface area contributed by atoms with Crippen molar-refractivity contribution in [2.24, 2.45) is 13.0 Å². The highest BCUT2D eigenvalue weighted by Gasteiger charge is 2.23. The number of piperidine rings is 1. The molecule has 0 bridgehead atoms. The number of likely N-dealkylation sites (tertiary alicyclic amines) is 1. The van der Waals surface area contributed by atoms with Gasteiger partial charge in [0.1, 0.15) is 5.76 Å². The number of hydrogen-bond acceptors (Lipinski definition) is 5. The third-order valence-electron chi connectivity index (χ3n) is 5.61. The first kappa shape index (κ1) is 17.0. The largest absolute Gasteiger partial charge is 0.361 e. The Morgan fingerprint density at radius 2 is 2.04 bits per heavy atom. The van der Waals surface area contributed by atoms with Crippen molar-refractivity contribution in [3.8, 4) is 0 Å². The Morgan fingerprint density at radius 3 is 2.73 bits per heavy atom. The number of aromatic nitrogens is 4. The lowest BCUT2D eigenvalue weighted by Crippen LogP contribution is -2.36. The molecule has 0 unspecified atom stereocenters. The van der Waals surface area contributed by atoms with Crippen molar-refractivity contribution in [3.63, 3.8) is 0 Å².